The fraction of sp³-hybridized carbons (Fsp3) is 0.0741. The van der Waals surface area contributed by atoms with Gasteiger partial charge in [0.25, 0.3) is 11.5 Å². The summed E-state index contributed by atoms with van der Waals surface area (Å²) in [6, 6.07) is 21.8. The summed E-state index contributed by atoms with van der Waals surface area (Å²) < 4.78 is 7.68. The van der Waals surface area contributed by atoms with Crippen molar-refractivity contribution in [2.24, 2.45) is 0 Å². The second-order valence-electron chi connectivity index (χ2n) is 8.01. The van der Waals surface area contributed by atoms with Crippen molar-refractivity contribution in [2.45, 2.75) is 6.54 Å². The van der Waals surface area contributed by atoms with Crippen LogP contribution in [0.5, 0.6) is 5.75 Å². The summed E-state index contributed by atoms with van der Waals surface area (Å²) in [4.78, 5) is 30.1. The molecule has 9 heteroatoms. The van der Waals surface area contributed by atoms with Gasteiger partial charge in [0.2, 0.25) is 0 Å². The summed E-state index contributed by atoms with van der Waals surface area (Å²) in [5, 5.41) is 3.89. The van der Waals surface area contributed by atoms with Gasteiger partial charge < -0.3 is 14.6 Å². The van der Waals surface area contributed by atoms with Crippen LogP contribution in [0.25, 0.3) is 20.7 Å². The summed E-state index contributed by atoms with van der Waals surface area (Å²) in [5.41, 5.74) is 3.33. The van der Waals surface area contributed by atoms with E-state index in [1.165, 1.54) is 11.3 Å². The largest absolute Gasteiger partial charge is 0.497 e. The first-order valence-electron chi connectivity index (χ1n) is 10.9. The van der Waals surface area contributed by atoms with E-state index in [0.717, 1.165) is 21.5 Å². The van der Waals surface area contributed by atoms with Gasteiger partial charge in [0.05, 0.1) is 29.7 Å². The number of nitrogens with one attached hydrogen (secondary N) is 1. The molecule has 36 heavy (non-hydrogen) atoms. The monoisotopic (exact) mass is 535 g/mol. The molecule has 180 valence electrons. The van der Waals surface area contributed by atoms with Crippen molar-refractivity contribution in [2.75, 3.05) is 12.4 Å². The summed E-state index contributed by atoms with van der Waals surface area (Å²) in [7, 11) is 1.55. The summed E-state index contributed by atoms with van der Waals surface area (Å²) in [6.07, 6.45) is 1.56. The lowest BCUT2D eigenvalue weighted by Crippen LogP contribution is -2.12. The van der Waals surface area contributed by atoms with Crippen LogP contribution in [0.15, 0.2) is 83.9 Å². The van der Waals surface area contributed by atoms with Crippen LogP contribution in [0.3, 0.4) is 0 Å². The Bertz CT molecular complexity index is 1640. The highest BCUT2D eigenvalue weighted by Gasteiger charge is 2.14. The van der Waals surface area contributed by atoms with E-state index in [4.69, 9.17) is 27.9 Å². The Morgan fingerprint density at radius 3 is 2.61 bits per heavy atom. The Hall–Kier alpha value is -3.65. The number of aromatic nitrogens is 2. The average Bonchev–Trinajstić information content (AvgIpc) is 3.35. The molecule has 0 aliphatic rings. The lowest BCUT2D eigenvalue weighted by molar-refractivity contribution is 0.102. The van der Waals surface area contributed by atoms with Crippen molar-refractivity contribution in [1.82, 2.24) is 9.55 Å². The van der Waals surface area contributed by atoms with Crippen LogP contribution < -0.4 is 15.6 Å². The molecule has 0 saturated carbocycles. The van der Waals surface area contributed by atoms with Crippen molar-refractivity contribution in [3.05, 3.63) is 111 Å². The van der Waals surface area contributed by atoms with Crippen molar-refractivity contribution in [3.8, 4) is 16.2 Å². The standard InChI is InChI=1S/C27H19Cl2N3O3S/c1-35-20-4-2-3-18(11-20)26(33)31-22-10-7-17(12-21(22)29)24-13-23-25(36-24)27(34)30-15-32(23)14-16-5-8-19(28)9-6-16/h2-13,15H,14H2,1H3,(H,31,33). The minimum Gasteiger partial charge on any atom is -0.497 e. The Kier molecular flexibility index (Phi) is 6.78. The number of anilines is 1. The number of ether oxygens (including phenoxy) is 1. The molecule has 2 heterocycles. The number of benzene rings is 3. The Morgan fingerprint density at radius 1 is 1.06 bits per heavy atom. The zero-order valence-electron chi connectivity index (χ0n) is 19.0. The molecule has 1 N–H and O–H groups in total. The fourth-order valence-electron chi connectivity index (χ4n) is 3.77. The molecule has 0 spiro atoms. The normalized spacial score (nSPS) is 11.0. The number of halogens is 2. The zero-order chi connectivity index (χ0) is 25.2. The van der Waals surface area contributed by atoms with Gasteiger partial charge in [-0.15, -0.1) is 11.3 Å². The molecular formula is C27H19Cl2N3O3S. The molecule has 0 aliphatic heterocycles. The number of hydrogen-bond acceptors (Lipinski definition) is 5. The second kappa shape index (κ2) is 10.1. The number of rotatable bonds is 6. The lowest BCUT2D eigenvalue weighted by atomic mass is 10.1. The van der Waals surface area contributed by atoms with Crippen molar-refractivity contribution < 1.29 is 9.53 Å². The van der Waals surface area contributed by atoms with Crippen LogP contribution in [0, 0.1) is 0 Å². The molecule has 0 saturated heterocycles. The SMILES string of the molecule is COc1cccc(C(=O)Nc2ccc(-c3cc4c(s3)c(=O)ncn4Cc3ccc(Cl)cc3)cc2Cl)c1. The van der Waals surface area contributed by atoms with E-state index in [1.54, 1.807) is 49.8 Å². The van der Waals surface area contributed by atoms with E-state index in [-0.39, 0.29) is 11.5 Å². The molecular weight excluding hydrogens is 517 g/mol. The van der Waals surface area contributed by atoms with Crippen LogP contribution in [-0.4, -0.2) is 22.6 Å². The molecule has 3 aromatic carbocycles. The zero-order valence-corrected chi connectivity index (χ0v) is 21.3. The maximum atomic E-state index is 12.7. The first-order chi connectivity index (χ1) is 17.4. The van der Waals surface area contributed by atoms with Crippen LogP contribution in [0.2, 0.25) is 10.0 Å². The maximum absolute atomic E-state index is 12.7. The van der Waals surface area contributed by atoms with E-state index in [2.05, 4.69) is 10.3 Å². The predicted octanol–water partition coefficient (Wildman–Crippen LogP) is 6.74. The predicted molar refractivity (Wildman–Crippen MR) is 146 cm³/mol. The number of thiophene rings is 1. The third kappa shape index (κ3) is 4.99. The molecule has 0 atom stereocenters. The average molecular weight is 536 g/mol. The first kappa shape index (κ1) is 24.1. The molecule has 5 aromatic rings. The number of fused-ring (bicyclic) bond motifs is 1. The Balaban J connectivity index is 1.43. The van der Waals surface area contributed by atoms with Crippen LogP contribution in [0.4, 0.5) is 5.69 Å². The summed E-state index contributed by atoms with van der Waals surface area (Å²) in [6.45, 7) is 0.549. The van der Waals surface area contributed by atoms with Gasteiger partial charge in [0.15, 0.2) is 0 Å². The van der Waals surface area contributed by atoms with Gasteiger partial charge >= 0.3 is 0 Å². The van der Waals surface area contributed by atoms with Gasteiger partial charge in [-0.05, 0) is 59.7 Å². The summed E-state index contributed by atoms with van der Waals surface area (Å²) >= 11 is 13.9. The van der Waals surface area contributed by atoms with Gasteiger partial charge in [0.1, 0.15) is 10.4 Å². The topological polar surface area (TPSA) is 73.2 Å². The summed E-state index contributed by atoms with van der Waals surface area (Å²) in [5.74, 6) is 0.296. The van der Waals surface area contributed by atoms with Crippen LogP contribution in [-0.2, 0) is 6.54 Å². The van der Waals surface area contributed by atoms with Gasteiger partial charge in [-0.1, -0.05) is 47.5 Å². The van der Waals surface area contributed by atoms with E-state index in [0.29, 0.717) is 38.3 Å². The Labute approximate surface area is 220 Å². The van der Waals surface area contributed by atoms with Gasteiger partial charge in [0, 0.05) is 22.0 Å². The molecule has 2 aromatic heterocycles. The number of amides is 1. The highest BCUT2D eigenvalue weighted by Crippen LogP contribution is 2.35. The fourth-order valence-corrected chi connectivity index (χ4v) is 5.18. The molecule has 0 fully saturated rings. The molecule has 1 amide bonds. The highest BCUT2D eigenvalue weighted by atomic mass is 35.5. The molecule has 0 aliphatic carbocycles. The van der Waals surface area contributed by atoms with Gasteiger partial charge in [-0.2, -0.15) is 4.98 Å². The molecule has 0 radical (unpaired) electrons. The van der Waals surface area contributed by atoms with Crippen molar-refractivity contribution in [1.29, 1.82) is 0 Å². The number of carbonyl (C=O) groups excluding carboxylic acids is 1. The third-order valence-corrected chi connectivity index (χ3v) is 7.36. The molecule has 0 bridgehead atoms. The minimum absolute atomic E-state index is 0.276. The smallest absolute Gasteiger partial charge is 0.290 e. The van der Waals surface area contributed by atoms with Gasteiger partial charge in [-0.3, -0.25) is 9.59 Å². The van der Waals surface area contributed by atoms with E-state index in [9.17, 15) is 9.59 Å². The van der Waals surface area contributed by atoms with Crippen molar-refractivity contribution >= 4 is 56.3 Å². The van der Waals surface area contributed by atoms with E-state index in [1.807, 2.05) is 41.0 Å². The van der Waals surface area contributed by atoms with Crippen molar-refractivity contribution in [3.63, 3.8) is 0 Å². The number of carbonyl (C=O) groups is 1. The number of hydrogen-bond donors (Lipinski definition) is 1. The molecule has 5 rings (SSSR count). The lowest BCUT2D eigenvalue weighted by Gasteiger charge is -2.09. The molecule has 6 nitrogen and oxygen atoms in total. The number of nitrogens with zero attached hydrogens (tertiary/aromatic N) is 2. The maximum Gasteiger partial charge on any atom is 0.290 e. The minimum atomic E-state index is -0.296. The van der Waals surface area contributed by atoms with E-state index < -0.39 is 0 Å². The third-order valence-electron chi connectivity index (χ3n) is 5.63. The van der Waals surface area contributed by atoms with Gasteiger partial charge in [-0.25, -0.2) is 0 Å². The van der Waals surface area contributed by atoms with E-state index >= 15 is 0 Å². The Morgan fingerprint density at radius 2 is 1.86 bits per heavy atom. The van der Waals surface area contributed by atoms with Crippen LogP contribution in [0.1, 0.15) is 15.9 Å². The highest BCUT2D eigenvalue weighted by molar-refractivity contribution is 7.22. The molecule has 0 unspecified atom stereocenters. The quantitative estimate of drug-likeness (QED) is 0.261. The van der Waals surface area contributed by atoms with Crippen LogP contribution >= 0.6 is 34.5 Å². The second-order valence-corrected chi connectivity index (χ2v) is 9.91. The first-order valence-corrected chi connectivity index (χ1v) is 12.5. The number of methoxy groups -OCH3 is 1.